The zero-order valence-corrected chi connectivity index (χ0v) is 11.7. The summed E-state index contributed by atoms with van der Waals surface area (Å²) in [5.74, 6) is 5.01. The Balaban J connectivity index is 2.07. The van der Waals surface area contributed by atoms with Crippen LogP contribution in [0.2, 0.25) is 0 Å². The maximum atomic E-state index is 12.0. The molecule has 1 aromatic rings. The normalized spacial score (nSPS) is 20.6. The summed E-state index contributed by atoms with van der Waals surface area (Å²) in [4.78, 5) is 12.5. The molecule has 2 heterocycles. The maximum Gasteiger partial charge on any atom is 0.262 e. The zero-order valence-electron chi connectivity index (χ0n) is 10.0. The van der Waals surface area contributed by atoms with Gasteiger partial charge in [-0.2, -0.15) is 0 Å². The number of sulfone groups is 1. The summed E-state index contributed by atoms with van der Waals surface area (Å²) in [6, 6.07) is 1.38. The topological polar surface area (TPSA) is 83.5 Å². The van der Waals surface area contributed by atoms with Crippen LogP contribution in [0.3, 0.4) is 0 Å². The molecule has 2 rings (SSSR count). The van der Waals surface area contributed by atoms with Crippen LogP contribution in [-0.4, -0.2) is 43.6 Å². The average Bonchev–Trinajstić information content (AvgIpc) is 2.93. The largest absolute Gasteiger partial charge is 0.384 e. The molecule has 5 nitrogen and oxygen atoms in total. The fourth-order valence-electron chi connectivity index (χ4n) is 1.88. The fourth-order valence-corrected chi connectivity index (χ4v) is 4.30. The lowest BCUT2D eigenvalue weighted by Crippen LogP contribution is -2.35. The lowest BCUT2D eigenvalue weighted by atomic mass is 10.2. The zero-order chi connectivity index (χ0) is 13.9. The number of aliphatic hydroxyl groups excluding tert-OH is 1. The minimum atomic E-state index is -3.01. The van der Waals surface area contributed by atoms with Gasteiger partial charge in [-0.05, 0) is 17.9 Å². The molecule has 0 radical (unpaired) electrons. The van der Waals surface area contributed by atoms with Crippen molar-refractivity contribution in [2.75, 3.05) is 18.1 Å². The number of rotatable bonds is 2. The van der Waals surface area contributed by atoms with Crippen molar-refractivity contribution >= 4 is 27.1 Å². The van der Waals surface area contributed by atoms with Crippen LogP contribution < -0.4 is 5.32 Å². The molecule has 1 saturated heterocycles. The molecule has 1 aliphatic heterocycles. The van der Waals surface area contributed by atoms with Gasteiger partial charge in [0.05, 0.1) is 11.5 Å². The fraction of sp³-hybridized carbons (Fsp3) is 0.417. The minimum absolute atomic E-state index is 0.00175. The van der Waals surface area contributed by atoms with E-state index in [4.69, 9.17) is 5.11 Å². The highest BCUT2D eigenvalue weighted by Crippen LogP contribution is 2.17. The lowest BCUT2D eigenvalue weighted by molar-refractivity contribution is 0.0945. The molecule has 19 heavy (non-hydrogen) atoms. The minimum Gasteiger partial charge on any atom is -0.384 e. The molecule has 1 aliphatic rings. The van der Waals surface area contributed by atoms with Gasteiger partial charge in [-0.15, -0.1) is 11.3 Å². The Morgan fingerprint density at radius 3 is 3.00 bits per heavy atom. The van der Waals surface area contributed by atoms with Crippen molar-refractivity contribution < 1.29 is 18.3 Å². The molecule has 1 amide bonds. The molecule has 7 heteroatoms. The number of hydrogen-bond acceptors (Lipinski definition) is 5. The van der Waals surface area contributed by atoms with E-state index < -0.39 is 9.84 Å². The highest BCUT2D eigenvalue weighted by molar-refractivity contribution is 7.91. The Labute approximate surface area is 115 Å². The Kier molecular flexibility index (Phi) is 4.24. The van der Waals surface area contributed by atoms with Crippen LogP contribution in [-0.2, 0) is 9.84 Å². The maximum absolute atomic E-state index is 12.0. The second-order valence-electron chi connectivity index (χ2n) is 4.20. The quantitative estimate of drug-likeness (QED) is 0.754. The van der Waals surface area contributed by atoms with E-state index in [9.17, 15) is 13.2 Å². The van der Waals surface area contributed by atoms with Crippen LogP contribution in [0.15, 0.2) is 11.4 Å². The first-order chi connectivity index (χ1) is 9.02. The Hall–Kier alpha value is -1.36. The van der Waals surface area contributed by atoms with Crippen molar-refractivity contribution in [3.05, 3.63) is 21.9 Å². The molecule has 1 atom stereocenters. The molecule has 2 N–H and O–H groups in total. The van der Waals surface area contributed by atoms with Crippen LogP contribution in [0, 0.1) is 11.8 Å². The molecule has 1 fully saturated rings. The third-order valence-corrected chi connectivity index (χ3v) is 5.42. The van der Waals surface area contributed by atoms with Crippen molar-refractivity contribution in [3.63, 3.8) is 0 Å². The first-order valence-corrected chi connectivity index (χ1v) is 8.40. The lowest BCUT2D eigenvalue weighted by Gasteiger charge is -2.09. The van der Waals surface area contributed by atoms with Crippen molar-refractivity contribution in [1.82, 2.24) is 5.32 Å². The smallest absolute Gasteiger partial charge is 0.262 e. The van der Waals surface area contributed by atoms with E-state index in [1.54, 1.807) is 11.4 Å². The van der Waals surface area contributed by atoms with Crippen LogP contribution in [0.1, 0.15) is 21.7 Å². The number of thiophene rings is 1. The first kappa shape index (κ1) is 14.1. The first-order valence-electron chi connectivity index (χ1n) is 5.70. The van der Waals surface area contributed by atoms with E-state index in [2.05, 4.69) is 17.2 Å². The molecule has 0 aromatic carbocycles. The highest BCUT2D eigenvalue weighted by atomic mass is 32.2. The van der Waals surface area contributed by atoms with E-state index in [1.807, 2.05) is 0 Å². The van der Waals surface area contributed by atoms with Gasteiger partial charge in [-0.3, -0.25) is 4.79 Å². The third kappa shape index (κ3) is 3.56. The molecular weight excluding hydrogens is 286 g/mol. The van der Waals surface area contributed by atoms with Crippen molar-refractivity contribution in [2.45, 2.75) is 12.5 Å². The molecular formula is C12H13NO4S2. The summed E-state index contributed by atoms with van der Waals surface area (Å²) in [6.45, 7) is -0.266. The summed E-state index contributed by atoms with van der Waals surface area (Å²) < 4.78 is 22.6. The Bertz CT molecular complexity index is 636. The van der Waals surface area contributed by atoms with Crippen molar-refractivity contribution in [1.29, 1.82) is 0 Å². The van der Waals surface area contributed by atoms with Gasteiger partial charge < -0.3 is 10.4 Å². The molecule has 0 bridgehead atoms. The van der Waals surface area contributed by atoms with Crippen LogP contribution >= 0.6 is 11.3 Å². The van der Waals surface area contributed by atoms with Gasteiger partial charge in [0.2, 0.25) is 0 Å². The number of amides is 1. The van der Waals surface area contributed by atoms with Gasteiger partial charge in [-0.1, -0.05) is 11.8 Å². The van der Waals surface area contributed by atoms with Crippen LogP contribution in [0.4, 0.5) is 0 Å². The molecule has 1 aromatic heterocycles. The predicted molar refractivity (Wildman–Crippen MR) is 72.8 cm³/mol. The third-order valence-electron chi connectivity index (χ3n) is 2.74. The van der Waals surface area contributed by atoms with Crippen molar-refractivity contribution in [2.24, 2.45) is 0 Å². The molecule has 102 valence electrons. The average molecular weight is 299 g/mol. The standard InChI is InChI=1S/C12H13NO4S2/c14-5-1-2-9-3-6-18-11(9)12(15)13-10-4-7-19(16,17)8-10/h3,6,10,14H,4-5,7-8H2,(H,13,15). The number of aliphatic hydroxyl groups is 1. The number of nitrogens with one attached hydrogen (secondary N) is 1. The van der Waals surface area contributed by atoms with E-state index in [1.165, 1.54) is 11.3 Å². The van der Waals surface area contributed by atoms with Gasteiger partial charge in [-0.25, -0.2) is 8.42 Å². The second kappa shape index (κ2) is 5.74. The van der Waals surface area contributed by atoms with Gasteiger partial charge >= 0.3 is 0 Å². The number of hydrogen-bond donors (Lipinski definition) is 2. The van der Waals surface area contributed by atoms with E-state index in [-0.39, 0.29) is 30.1 Å². The SMILES string of the molecule is O=C(NC1CCS(=O)(=O)C1)c1sccc1C#CCO. The van der Waals surface area contributed by atoms with Crippen LogP contribution in [0.25, 0.3) is 0 Å². The summed E-state index contributed by atoms with van der Waals surface area (Å²) in [5, 5.41) is 13.1. The number of carbonyl (C=O) groups excluding carboxylic acids is 1. The second-order valence-corrected chi connectivity index (χ2v) is 7.34. The number of carbonyl (C=O) groups is 1. The van der Waals surface area contributed by atoms with Gasteiger partial charge in [0.15, 0.2) is 9.84 Å². The Morgan fingerprint density at radius 1 is 1.58 bits per heavy atom. The van der Waals surface area contributed by atoms with E-state index in [0.29, 0.717) is 16.9 Å². The van der Waals surface area contributed by atoms with Crippen LogP contribution in [0.5, 0.6) is 0 Å². The highest BCUT2D eigenvalue weighted by Gasteiger charge is 2.29. The summed E-state index contributed by atoms with van der Waals surface area (Å²) >= 11 is 1.25. The van der Waals surface area contributed by atoms with E-state index in [0.717, 1.165) is 0 Å². The van der Waals surface area contributed by atoms with Gasteiger partial charge in [0.25, 0.3) is 5.91 Å². The Morgan fingerprint density at radius 2 is 2.37 bits per heavy atom. The van der Waals surface area contributed by atoms with Crippen molar-refractivity contribution in [3.8, 4) is 11.8 Å². The predicted octanol–water partition coefficient (Wildman–Crippen LogP) is 0.00880. The van der Waals surface area contributed by atoms with E-state index >= 15 is 0 Å². The molecule has 0 saturated carbocycles. The molecule has 1 unspecified atom stereocenters. The molecule has 0 aliphatic carbocycles. The summed E-state index contributed by atoms with van der Waals surface area (Å²) in [7, 11) is -3.01. The summed E-state index contributed by atoms with van der Waals surface area (Å²) in [5.41, 5.74) is 0.553. The van der Waals surface area contributed by atoms with Gasteiger partial charge in [0, 0.05) is 11.6 Å². The molecule has 0 spiro atoms. The van der Waals surface area contributed by atoms with Gasteiger partial charge in [0.1, 0.15) is 11.5 Å². The summed E-state index contributed by atoms with van der Waals surface area (Å²) in [6.07, 6.45) is 0.455. The monoisotopic (exact) mass is 299 g/mol.